The molecule has 1 aromatic heterocycles. The number of rotatable bonds is 5. The quantitative estimate of drug-likeness (QED) is 0.841. The number of thioether (sulfide) groups is 1. The predicted octanol–water partition coefficient (Wildman–Crippen LogP) is 4.73. The Bertz CT molecular complexity index is 334. The van der Waals surface area contributed by atoms with Crippen molar-refractivity contribution in [2.45, 2.75) is 43.9 Å². The van der Waals surface area contributed by atoms with Crippen LogP contribution in [0.25, 0.3) is 0 Å². The van der Waals surface area contributed by atoms with Crippen LogP contribution in [0.4, 0.5) is 0 Å². The molecule has 1 aliphatic rings. The third-order valence-corrected chi connectivity index (χ3v) is 5.88. The summed E-state index contributed by atoms with van der Waals surface area (Å²) in [5.74, 6) is 1.31. The van der Waals surface area contributed by atoms with Crippen LogP contribution in [0, 0.1) is 0 Å². The van der Waals surface area contributed by atoms with Gasteiger partial charge >= 0.3 is 0 Å². The van der Waals surface area contributed by atoms with Crippen molar-refractivity contribution in [1.82, 2.24) is 5.32 Å². The second-order valence-corrected chi connectivity index (χ2v) is 7.57. The summed E-state index contributed by atoms with van der Waals surface area (Å²) in [4.78, 5) is 1.41. The van der Waals surface area contributed by atoms with Crippen molar-refractivity contribution in [2.24, 2.45) is 0 Å². The Kier molecular flexibility index (Phi) is 5.67. The van der Waals surface area contributed by atoms with Crippen molar-refractivity contribution in [3.8, 4) is 0 Å². The van der Waals surface area contributed by atoms with E-state index in [2.05, 4.69) is 30.1 Å². The summed E-state index contributed by atoms with van der Waals surface area (Å²) in [6, 6.07) is 4.71. The zero-order valence-electron chi connectivity index (χ0n) is 10.2. The van der Waals surface area contributed by atoms with Gasteiger partial charge in [0.2, 0.25) is 0 Å². The fraction of sp³-hybridized carbons (Fsp3) is 0.692. The fourth-order valence-corrected chi connectivity index (χ4v) is 4.97. The number of thiophene rings is 1. The van der Waals surface area contributed by atoms with Gasteiger partial charge in [0.05, 0.1) is 10.4 Å². The molecule has 0 radical (unpaired) electrons. The third kappa shape index (κ3) is 3.88. The summed E-state index contributed by atoms with van der Waals surface area (Å²) in [5.41, 5.74) is 0. The van der Waals surface area contributed by atoms with Gasteiger partial charge in [-0.15, -0.1) is 11.3 Å². The first-order valence-corrected chi connectivity index (χ1v) is 8.66. The Morgan fingerprint density at radius 2 is 2.35 bits per heavy atom. The minimum absolute atomic E-state index is 0.498. The molecule has 1 nitrogen and oxygen atoms in total. The molecule has 2 atom stereocenters. The number of halogens is 1. The summed E-state index contributed by atoms with van der Waals surface area (Å²) < 4.78 is 0.907. The van der Waals surface area contributed by atoms with Crippen molar-refractivity contribution >= 4 is 34.7 Å². The molecule has 0 amide bonds. The van der Waals surface area contributed by atoms with Crippen molar-refractivity contribution < 1.29 is 0 Å². The predicted molar refractivity (Wildman–Crippen MR) is 80.5 cm³/mol. The lowest BCUT2D eigenvalue weighted by molar-refractivity contribution is 0.485. The van der Waals surface area contributed by atoms with Crippen LogP contribution in [-0.2, 0) is 0 Å². The van der Waals surface area contributed by atoms with Gasteiger partial charge < -0.3 is 5.32 Å². The van der Waals surface area contributed by atoms with Crippen LogP contribution < -0.4 is 5.32 Å². The maximum absolute atomic E-state index is 6.06. The molecule has 96 valence electrons. The normalized spacial score (nSPS) is 22.6. The molecule has 1 fully saturated rings. The van der Waals surface area contributed by atoms with Crippen molar-refractivity contribution in [3.63, 3.8) is 0 Å². The van der Waals surface area contributed by atoms with E-state index in [0.717, 1.165) is 16.1 Å². The molecule has 0 aliphatic carbocycles. The molecule has 0 bridgehead atoms. The van der Waals surface area contributed by atoms with E-state index in [1.807, 2.05) is 6.07 Å². The minimum Gasteiger partial charge on any atom is -0.308 e. The van der Waals surface area contributed by atoms with Crippen LogP contribution in [0.15, 0.2) is 12.1 Å². The maximum atomic E-state index is 6.06. The van der Waals surface area contributed by atoms with E-state index in [9.17, 15) is 0 Å². The first-order chi connectivity index (χ1) is 8.31. The highest BCUT2D eigenvalue weighted by Gasteiger charge is 2.26. The van der Waals surface area contributed by atoms with Crippen molar-refractivity contribution in [3.05, 3.63) is 21.3 Å². The van der Waals surface area contributed by atoms with Crippen LogP contribution in [0.3, 0.4) is 0 Å². The Balaban J connectivity index is 2.06. The fourth-order valence-electron chi connectivity index (χ4n) is 2.24. The van der Waals surface area contributed by atoms with Crippen LogP contribution in [0.5, 0.6) is 0 Å². The van der Waals surface area contributed by atoms with Crippen LogP contribution >= 0.6 is 34.7 Å². The standard InChI is InChI=1S/C13H20ClNS2/c1-2-8-15-13(10-5-3-4-9-16-10)11-6-7-12(14)17-11/h6-7,10,13,15H,2-5,8-9H2,1H3. The summed E-state index contributed by atoms with van der Waals surface area (Å²) in [6.07, 6.45) is 5.28. The second kappa shape index (κ2) is 7.03. The Hall–Kier alpha value is 0.300. The summed E-state index contributed by atoms with van der Waals surface area (Å²) in [6.45, 7) is 3.32. The third-order valence-electron chi connectivity index (χ3n) is 3.10. The highest BCUT2D eigenvalue weighted by molar-refractivity contribution is 8.00. The van der Waals surface area contributed by atoms with E-state index in [1.54, 1.807) is 11.3 Å². The van der Waals surface area contributed by atoms with Gasteiger partial charge in [-0.25, -0.2) is 0 Å². The van der Waals surface area contributed by atoms with Gasteiger partial charge in [0.25, 0.3) is 0 Å². The zero-order chi connectivity index (χ0) is 12.1. The molecule has 0 saturated carbocycles. The highest BCUT2D eigenvalue weighted by Crippen LogP contribution is 2.38. The molecule has 1 N–H and O–H groups in total. The number of hydrogen-bond donors (Lipinski definition) is 1. The first kappa shape index (κ1) is 13.7. The Morgan fingerprint density at radius 1 is 1.47 bits per heavy atom. The molecule has 2 heterocycles. The number of nitrogens with one attached hydrogen (secondary N) is 1. The summed E-state index contributed by atoms with van der Waals surface area (Å²) in [7, 11) is 0. The lowest BCUT2D eigenvalue weighted by atomic mass is 10.1. The SMILES string of the molecule is CCCNC(c1ccc(Cl)s1)C1CCCCS1. The smallest absolute Gasteiger partial charge is 0.0931 e. The Labute approximate surface area is 117 Å². The van der Waals surface area contributed by atoms with Crippen molar-refractivity contribution in [2.75, 3.05) is 12.3 Å². The second-order valence-electron chi connectivity index (χ2n) is 4.48. The molecule has 4 heteroatoms. The van der Waals surface area contributed by atoms with Crippen LogP contribution in [0.1, 0.15) is 43.5 Å². The van der Waals surface area contributed by atoms with E-state index in [4.69, 9.17) is 11.6 Å². The van der Waals surface area contributed by atoms with Crippen LogP contribution in [0.2, 0.25) is 4.34 Å². The molecule has 1 aliphatic heterocycles. The first-order valence-electron chi connectivity index (χ1n) is 6.41. The van der Waals surface area contributed by atoms with E-state index < -0.39 is 0 Å². The molecule has 1 saturated heterocycles. The molecular formula is C13H20ClNS2. The molecule has 2 unspecified atom stereocenters. The van der Waals surface area contributed by atoms with E-state index in [1.165, 1.54) is 36.3 Å². The van der Waals surface area contributed by atoms with Crippen molar-refractivity contribution in [1.29, 1.82) is 0 Å². The summed E-state index contributed by atoms with van der Waals surface area (Å²) >= 11 is 9.92. The molecule has 2 rings (SSSR count). The lowest BCUT2D eigenvalue weighted by Crippen LogP contribution is -2.31. The van der Waals surface area contributed by atoms with Gasteiger partial charge in [-0.05, 0) is 43.7 Å². The zero-order valence-corrected chi connectivity index (χ0v) is 12.6. The van der Waals surface area contributed by atoms with Gasteiger partial charge in [-0.3, -0.25) is 0 Å². The van der Waals surface area contributed by atoms with Gasteiger partial charge in [0, 0.05) is 10.1 Å². The lowest BCUT2D eigenvalue weighted by Gasteiger charge is -2.30. The van der Waals surface area contributed by atoms with E-state index >= 15 is 0 Å². The average molecular weight is 290 g/mol. The molecule has 17 heavy (non-hydrogen) atoms. The monoisotopic (exact) mass is 289 g/mol. The molecule has 0 spiro atoms. The Morgan fingerprint density at radius 3 is 2.94 bits per heavy atom. The maximum Gasteiger partial charge on any atom is 0.0931 e. The molecule has 0 aromatic carbocycles. The van der Waals surface area contributed by atoms with Gasteiger partial charge in [0.15, 0.2) is 0 Å². The summed E-state index contributed by atoms with van der Waals surface area (Å²) in [5, 5.41) is 4.43. The topological polar surface area (TPSA) is 12.0 Å². The molecular weight excluding hydrogens is 270 g/mol. The van der Waals surface area contributed by atoms with Crippen LogP contribution in [-0.4, -0.2) is 17.5 Å². The van der Waals surface area contributed by atoms with E-state index in [0.29, 0.717) is 6.04 Å². The van der Waals surface area contributed by atoms with E-state index in [-0.39, 0.29) is 0 Å². The van der Waals surface area contributed by atoms with Gasteiger partial charge in [-0.1, -0.05) is 24.9 Å². The largest absolute Gasteiger partial charge is 0.308 e. The highest BCUT2D eigenvalue weighted by atomic mass is 35.5. The van der Waals surface area contributed by atoms with Gasteiger partial charge in [0.1, 0.15) is 0 Å². The minimum atomic E-state index is 0.498. The average Bonchev–Trinajstić information content (AvgIpc) is 2.78. The van der Waals surface area contributed by atoms with Gasteiger partial charge in [-0.2, -0.15) is 11.8 Å². The molecule has 1 aromatic rings. The number of hydrogen-bond acceptors (Lipinski definition) is 3.